The Morgan fingerprint density at radius 3 is 0.905 bits per heavy atom. The molecule has 3 unspecified atom stereocenters. The minimum Gasteiger partial charge on any atom is -0.487 e. The molecule has 0 radical (unpaired) electrons. The molecule has 9 heterocycles. The van der Waals surface area contributed by atoms with Crippen molar-refractivity contribution in [3.63, 3.8) is 0 Å². The first kappa shape index (κ1) is 94.0. The predicted octanol–water partition coefficient (Wildman–Crippen LogP) is -11.6. The van der Waals surface area contributed by atoms with E-state index < -0.39 is 200 Å². The molecular weight excluding hydrogens is 1660 g/mol. The number of guanidine groups is 3. The Hall–Kier alpha value is -14.2. The quantitative estimate of drug-likeness (QED) is 0.0114. The molecule has 6 aliphatic rings. The fourth-order valence-corrected chi connectivity index (χ4v) is 14.9. The van der Waals surface area contributed by atoms with Crippen LogP contribution in [0.4, 0.5) is 0 Å². The van der Waals surface area contributed by atoms with Crippen LogP contribution in [-0.2, 0) is 111 Å². The number of amides is 12. The van der Waals surface area contributed by atoms with E-state index in [1.54, 1.807) is 51.5 Å². The SMILES string of the molecule is N=C(N)NCCCC1NC(=O)[C@@H]2C[C@@H](CN2CCn2cc(COc3cc(OCc4cn(CCN5C[C@@H]6C[C@H]5C(=O)NC(CCCNC(=N)N)C(=O)NCC(=O)N[C@@H](CC(=O)O)C(=O)N6)nn4)cc(OCc4cn(CCN5C[C@@H]6C[C@H]5C(=O)NC(CCCNC(=N)N)C(=O)NCC(=O)N[C@@H](CC(=O)O)C(=O)N6)nn4)c3)nn2)NC(=O)[C@H](CC(=O)O)NC(=O)CNC1=O. The molecule has 0 saturated carbocycles. The summed E-state index contributed by atoms with van der Waals surface area (Å²) in [5.74, 6) is -13.5. The average Bonchev–Trinajstić information content (AvgIpc) is 1.68. The molecule has 54 nitrogen and oxygen atoms in total. The van der Waals surface area contributed by atoms with Crippen LogP contribution in [0.15, 0.2) is 36.8 Å². The van der Waals surface area contributed by atoms with Gasteiger partial charge in [0.2, 0.25) is 70.9 Å². The van der Waals surface area contributed by atoms with Crippen molar-refractivity contribution in [1.29, 1.82) is 16.2 Å². The van der Waals surface area contributed by atoms with Crippen LogP contribution in [0.2, 0.25) is 0 Å². The second-order valence-electron chi connectivity index (χ2n) is 30.7. The van der Waals surface area contributed by atoms with Gasteiger partial charge in [-0.3, -0.25) is 117 Å². The Morgan fingerprint density at radius 2 is 0.651 bits per heavy atom. The van der Waals surface area contributed by atoms with E-state index in [0.29, 0.717) is 17.1 Å². The lowest BCUT2D eigenvalue weighted by Gasteiger charge is -2.26. The standard InChI is InChI=1S/C72H105N33O21/c73-70(74)79-7-1-4-46-61(115)82-25-55(106)88-49(22-58(109)110)64(118)85-37-16-52(67(121)91-46)100(28-37)10-13-103-31-40(94-97-103)34-124-43-19-44(125-35-41-32-104(98-95-41)14-11-101-29-38-17-53(101)68(122)92-47(5-2-8-80-71(75)76)62(116)83-26-56(107)89-50(23-59(111)112)65(119)86-38)21-45(20-43)126-36-42-33-105(99-96-42)15-12-102-30-39-18-54(102)69(123)93-48(6-3-9-81-72(77)78)63(117)84-27-57(108)90-51(24-60(113)114)66(120)87-39/h19-21,31-33,37-39,46-54H,1-18,22-30,34-36H2,(H,82,115)(H,83,116)(H,84,117)(H,85,118)(H,86,119)(H,87,120)(H,88,106)(H,89,107)(H,90,108)(H,91,121)(H,92,122)(H,93,123)(H,109,110)(H,111,112)(H,113,114)(H4,73,74,79)(H4,75,76,80)(H4,77,78,81)/t37-,38-,39-,46?,47?,48?,49-,50-,51-,52-,53-,54-/m0/s1. The number of carbonyl (C=O) groups excluding carboxylic acids is 12. The summed E-state index contributed by atoms with van der Waals surface area (Å²) in [6, 6.07) is -8.48. The van der Waals surface area contributed by atoms with Crippen LogP contribution < -0.4 is 111 Å². The van der Waals surface area contributed by atoms with Crippen molar-refractivity contribution in [1.82, 2.24) is 139 Å². The van der Waals surface area contributed by atoms with E-state index in [2.05, 4.69) is 111 Å². The molecule has 10 rings (SSSR count). The maximum absolute atomic E-state index is 14.3. The van der Waals surface area contributed by atoms with Gasteiger partial charge >= 0.3 is 17.9 Å². The van der Waals surface area contributed by atoms with Crippen molar-refractivity contribution >= 4 is 107 Å². The normalized spacial score (nSPS) is 23.9. The van der Waals surface area contributed by atoms with Crippen LogP contribution in [0, 0.1) is 16.2 Å². The molecule has 6 fully saturated rings. The molecule has 0 aliphatic carbocycles. The van der Waals surface area contributed by atoms with E-state index in [0.717, 1.165) is 0 Å². The van der Waals surface area contributed by atoms with E-state index in [-0.39, 0.29) is 191 Å². The fourth-order valence-electron chi connectivity index (χ4n) is 14.9. The summed E-state index contributed by atoms with van der Waals surface area (Å²) in [7, 11) is 0. The summed E-state index contributed by atoms with van der Waals surface area (Å²) in [6.07, 6.45) is 3.40. The Balaban J connectivity index is 0.842. The van der Waals surface area contributed by atoms with Gasteiger partial charge in [-0.05, 0) is 57.8 Å². The third kappa shape index (κ3) is 29.2. The molecule has 126 heavy (non-hydrogen) atoms. The van der Waals surface area contributed by atoms with Gasteiger partial charge < -0.3 is 126 Å². The van der Waals surface area contributed by atoms with Crippen molar-refractivity contribution in [3.8, 4) is 17.2 Å². The van der Waals surface area contributed by atoms with Gasteiger partial charge in [0.05, 0.1) is 95.2 Å². The largest absolute Gasteiger partial charge is 0.487 e. The van der Waals surface area contributed by atoms with E-state index >= 15 is 0 Å². The van der Waals surface area contributed by atoms with E-state index in [1.807, 2.05) is 0 Å². The zero-order valence-corrected chi connectivity index (χ0v) is 68.4. The van der Waals surface area contributed by atoms with Gasteiger partial charge in [-0.15, -0.1) is 15.3 Å². The molecule has 6 bridgehead atoms. The molecule has 4 aromatic rings. The van der Waals surface area contributed by atoms with Crippen LogP contribution in [0.3, 0.4) is 0 Å². The van der Waals surface area contributed by atoms with Crippen molar-refractivity contribution in [2.45, 2.75) is 189 Å². The highest BCUT2D eigenvalue weighted by atomic mass is 16.5. The molecule has 3 aromatic heterocycles. The van der Waals surface area contributed by atoms with Crippen LogP contribution in [0.25, 0.3) is 0 Å². The van der Waals surface area contributed by atoms with Gasteiger partial charge in [-0.1, -0.05) is 15.6 Å². The number of rotatable bonds is 36. The third-order valence-corrected chi connectivity index (χ3v) is 21.0. The molecule has 0 spiro atoms. The highest BCUT2D eigenvalue weighted by Gasteiger charge is 2.44. The summed E-state index contributed by atoms with van der Waals surface area (Å²) in [4.78, 5) is 204. The zero-order valence-electron chi connectivity index (χ0n) is 68.4. The average molecular weight is 1770 g/mol. The Bertz CT molecular complexity index is 4200. The summed E-state index contributed by atoms with van der Waals surface area (Å²) in [5, 5.41) is 116. The Kier molecular flexibility index (Phi) is 33.8. The van der Waals surface area contributed by atoms with E-state index in [4.69, 9.17) is 47.6 Å². The molecule has 684 valence electrons. The number of carbonyl (C=O) groups is 15. The molecule has 54 heteroatoms. The van der Waals surface area contributed by atoms with Crippen molar-refractivity contribution in [2.75, 3.05) is 78.5 Å². The highest BCUT2D eigenvalue weighted by Crippen LogP contribution is 2.31. The third-order valence-electron chi connectivity index (χ3n) is 21.0. The minimum atomic E-state index is -1.53. The first-order chi connectivity index (χ1) is 60.2. The zero-order chi connectivity index (χ0) is 90.7. The van der Waals surface area contributed by atoms with Gasteiger partial charge in [0.25, 0.3) is 0 Å². The van der Waals surface area contributed by atoms with Crippen LogP contribution in [0.1, 0.15) is 94.1 Å². The number of hydrogen-bond donors (Lipinski definition) is 24. The summed E-state index contributed by atoms with van der Waals surface area (Å²) in [5.41, 5.74) is 17.3. The number of ether oxygens (including phenoxy) is 3. The van der Waals surface area contributed by atoms with Gasteiger partial charge in [-0.25, -0.2) is 0 Å². The second-order valence-corrected chi connectivity index (χ2v) is 30.7. The summed E-state index contributed by atoms with van der Waals surface area (Å²) >= 11 is 0. The maximum Gasteiger partial charge on any atom is 0.305 e. The van der Waals surface area contributed by atoms with Crippen molar-refractivity contribution < 1.29 is 101 Å². The molecule has 6 aliphatic heterocycles. The number of nitrogens with zero attached hydrogens (tertiary/aromatic N) is 12. The molecule has 27 N–H and O–H groups in total. The number of carboxylic acid groups (broad SMARTS) is 3. The topological polar surface area (TPSA) is 776 Å². The highest BCUT2D eigenvalue weighted by molar-refractivity contribution is 5.98. The van der Waals surface area contributed by atoms with Crippen molar-refractivity contribution in [3.05, 3.63) is 53.9 Å². The number of carboxylic acids is 3. The second kappa shape index (κ2) is 45.2. The molecule has 6 saturated heterocycles. The molecule has 1 aromatic carbocycles. The lowest BCUT2D eigenvalue weighted by Crippen LogP contribution is -2.55. The number of benzene rings is 1. The number of aromatic nitrogens is 9. The Morgan fingerprint density at radius 1 is 0.381 bits per heavy atom. The monoisotopic (exact) mass is 1770 g/mol. The lowest BCUT2D eigenvalue weighted by molar-refractivity contribution is -0.141. The maximum atomic E-state index is 14.3. The first-order valence-electron chi connectivity index (χ1n) is 40.6. The number of hydrogen-bond acceptors (Lipinski definition) is 30. The van der Waals surface area contributed by atoms with E-state index in [9.17, 15) is 87.2 Å². The number of nitrogens with one attached hydrogen (secondary N) is 18. The van der Waals surface area contributed by atoms with Gasteiger partial charge in [0, 0.05) is 95.2 Å². The Labute approximate surface area is 717 Å². The van der Waals surface area contributed by atoms with Gasteiger partial charge in [0.1, 0.15) is 90.4 Å². The van der Waals surface area contributed by atoms with Gasteiger partial charge in [-0.2, -0.15) is 0 Å². The fraction of sp³-hybridized carbons (Fsp3) is 0.583. The number of nitrogens with two attached hydrogens (primary N) is 3. The first-order valence-corrected chi connectivity index (χ1v) is 40.6. The summed E-state index contributed by atoms with van der Waals surface area (Å²) < 4.78 is 23.4. The number of fused-ring (bicyclic) bond motifs is 6. The smallest absolute Gasteiger partial charge is 0.305 e. The lowest BCUT2D eigenvalue weighted by atomic mass is 10.1. The van der Waals surface area contributed by atoms with Crippen LogP contribution in [0.5, 0.6) is 17.2 Å². The molecule has 12 atom stereocenters. The minimum absolute atomic E-state index is 0.0183. The van der Waals surface area contributed by atoms with Crippen molar-refractivity contribution in [2.24, 2.45) is 17.2 Å². The number of likely N-dealkylation sites (tertiary alicyclic amines) is 3. The van der Waals surface area contributed by atoms with E-state index in [1.165, 1.54) is 14.0 Å². The molecule has 12 amide bonds. The van der Waals surface area contributed by atoms with Crippen LogP contribution in [-0.4, -0.2) is 333 Å². The van der Waals surface area contributed by atoms with Gasteiger partial charge in [0.15, 0.2) is 17.9 Å². The number of aliphatic carboxylic acids is 3. The molecular formula is C72H105N33O21. The summed E-state index contributed by atoms with van der Waals surface area (Å²) in [6.45, 7) is -1.12. The predicted molar refractivity (Wildman–Crippen MR) is 430 cm³/mol. The van der Waals surface area contributed by atoms with Crippen LogP contribution >= 0.6 is 0 Å².